The van der Waals surface area contributed by atoms with Crippen LogP contribution in [0.5, 0.6) is 5.75 Å². The second kappa shape index (κ2) is 10.1. The van der Waals surface area contributed by atoms with Crippen LogP contribution in [0.4, 0.5) is 0 Å². The molecule has 1 aliphatic heterocycles. The Kier molecular flexibility index (Phi) is 7.30. The van der Waals surface area contributed by atoms with Crippen LogP contribution in [-0.4, -0.2) is 48.8 Å². The van der Waals surface area contributed by atoms with E-state index >= 15 is 0 Å². The SMILES string of the molecule is CNC(=O)C1CCCN1C(=O)CNC(=O)c1ccccc1OCc1ccc(Cl)cc1. The number of benzene rings is 2. The number of hydrogen-bond donors (Lipinski definition) is 2. The number of carbonyl (C=O) groups is 3. The van der Waals surface area contributed by atoms with Crippen molar-refractivity contribution in [2.45, 2.75) is 25.5 Å². The molecule has 1 fully saturated rings. The summed E-state index contributed by atoms with van der Waals surface area (Å²) in [5.41, 5.74) is 1.25. The third-order valence-electron chi connectivity index (χ3n) is 4.96. The van der Waals surface area contributed by atoms with E-state index in [0.29, 0.717) is 29.3 Å². The highest BCUT2D eigenvalue weighted by Crippen LogP contribution is 2.21. The lowest BCUT2D eigenvalue weighted by atomic mass is 10.2. The summed E-state index contributed by atoms with van der Waals surface area (Å²) in [5, 5.41) is 5.86. The molecule has 3 amide bonds. The minimum Gasteiger partial charge on any atom is -0.488 e. The molecule has 1 heterocycles. The van der Waals surface area contributed by atoms with Crippen molar-refractivity contribution in [3.8, 4) is 5.75 Å². The summed E-state index contributed by atoms with van der Waals surface area (Å²) >= 11 is 5.89. The van der Waals surface area contributed by atoms with Crippen molar-refractivity contribution in [1.82, 2.24) is 15.5 Å². The number of para-hydroxylation sites is 1. The average molecular weight is 430 g/mol. The number of hydrogen-bond acceptors (Lipinski definition) is 4. The zero-order chi connectivity index (χ0) is 21.5. The van der Waals surface area contributed by atoms with E-state index in [9.17, 15) is 14.4 Å². The summed E-state index contributed by atoms with van der Waals surface area (Å²) < 4.78 is 5.80. The molecule has 30 heavy (non-hydrogen) atoms. The Bertz CT molecular complexity index is 917. The van der Waals surface area contributed by atoms with E-state index in [2.05, 4.69) is 10.6 Å². The first kappa shape index (κ1) is 21.6. The lowest BCUT2D eigenvalue weighted by Crippen LogP contribution is -2.48. The molecular weight excluding hydrogens is 406 g/mol. The Morgan fingerprint density at radius 1 is 1.13 bits per heavy atom. The van der Waals surface area contributed by atoms with E-state index in [1.54, 1.807) is 43.4 Å². The number of ether oxygens (including phenoxy) is 1. The van der Waals surface area contributed by atoms with Crippen LogP contribution >= 0.6 is 11.6 Å². The van der Waals surface area contributed by atoms with E-state index in [1.807, 2.05) is 12.1 Å². The molecule has 1 saturated heterocycles. The number of rotatable bonds is 7. The van der Waals surface area contributed by atoms with E-state index in [4.69, 9.17) is 16.3 Å². The smallest absolute Gasteiger partial charge is 0.255 e. The van der Waals surface area contributed by atoms with Crippen LogP contribution in [0.15, 0.2) is 48.5 Å². The molecule has 0 saturated carbocycles. The lowest BCUT2D eigenvalue weighted by molar-refractivity contribution is -0.137. The quantitative estimate of drug-likeness (QED) is 0.707. The largest absolute Gasteiger partial charge is 0.488 e. The first-order valence-electron chi connectivity index (χ1n) is 9.75. The number of carbonyl (C=O) groups excluding carboxylic acids is 3. The first-order valence-corrected chi connectivity index (χ1v) is 10.1. The fraction of sp³-hybridized carbons (Fsp3) is 0.318. The maximum Gasteiger partial charge on any atom is 0.255 e. The van der Waals surface area contributed by atoms with Gasteiger partial charge in [0.25, 0.3) is 5.91 Å². The van der Waals surface area contributed by atoms with Gasteiger partial charge in [-0.3, -0.25) is 14.4 Å². The second-order valence-corrected chi connectivity index (χ2v) is 7.39. The molecule has 0 aliphatic carbocycles. The van der Waals surface area contributed by atoms with Crippen LogP contribution in [0.1, 0.15) is 28.8 Å². The third-order valence-corrected chi connectivity index (χ3v) is 5.21. The van der Waals surface area contributed by atoms with Crippen LogP contribution in [0.2, 0.25) is 5.02 Å². The molecule has 8 heteroatoms. The Morgan fingerprint density at radius 2 is 1.87 bits per heavy atom. The summed E-state index contributed by atoms with van der Waals surface area (Å²) in [4.78, 5) is 38.6. The molecule has 2 N–H and O–H groups in total. The molecular formula is C22H24ClN3O4. The minimum atomic E-state index is -0.477. The van der Waals surface area contributed by atoms with Gasteiger partial charge >= 0.3 is 0 Å². The van der Waals surface area contributed by atoms with Gasteiger partial charge < -0.3 is 20.3 Å². The fourth-order valence-corrected chi connectivity index (χ4v) is 3.50. The molecule has 0 spiro atoms. The van der Waals surface area contributed by atoms with Crippen LogP contribution in [0.3, 0.4) is 0 Å². The molecule has 0 bridgehead atoms. The van der Waals surface area contributed by atoms with Crippen molar-refractivity contribution in [3.63, 3.8) is 0 Å². The molecule has 7 nitrogen and oxygen atoms in total. The summed E-state index contributed by atoms with van der Waals surface area (Å²) in [6.07, 6.45) is 1.39. The first-order chi connectivity index (χ1) is 14.5. The molecule has 2 aromatic rings. The zero-order valence-corrected chi connectivity index (χ0v) is 17.4. The van der Waals surface area contributed by atoms with E-state index < -0.39 is 11.9 Å². The summed E-state index contributed by atoms with van der Waals surface area (Å²) in [6.45, 7) is 0.605. The molecule has 0 aromatic heterocycles. The predicted molar refractivity (Wildman–Crippen MR) is 113 cm³/mol. The van der Waals surface area contributed by atoms with E-state index in [0.717, 1.165) is 12.0 Å². The lowest BCUT2D eigenvalue weighted by Gasteiger charge is -2.23. The average Bonchev–Trinajstić information content (AvgIpc) is 3.26. The molecule has 1 unspecified atom stereocenters. The summed E-state index contributed by atoms with van der Waals surface area (Å²) in [7, 11) is 1.55. The standard InChI is InChI=1S/C22H24ClN3O4/c1-24-22(29)18-6-4-12-26(18)20(27)13-25-21(28)17-5-2-3-7-19(17)30-14-15-8-10-16(23)11-9-15/h2-3,5,7-11,18H,4,6,12-14H2,1H3,(H,24,29)(H,25,28). The molecule has 3 rings (SSSR count). The minimum absolute atomic E-state index is 0.183. The van der Waals surface area contributed by atoms with Gasteiger partial charge in [0, 0.05) is 18.6 Å². The second-order valence-electron chi connectivity index (χ2n) is 6.95. The predicted octanol–water partition coefficient (Wildman–Crippen LogP) is 2.39. The monoisotopic (exact) mass is 429 g/mol. The highest BCUT2D eigenvalue weighted by Gasteiger charge is 2.33. The van der Waals surface area contributed by atoms with Gasteiger partial charge in [0.15, 0.2) is 0 Å². The topological polar surface area (TPSA) is 87.7 Å². The zero-order valence-electron chi connectivity index (χ0n) is 16.7. The van der Waals surface area contributed by atoms with Crippen molar-refractivity contribution >= 4 is 29.3 Å². The van der Waals surface area contributed by atoms with Gasteiger partial charge in [-0.25, -0.2) is 0 Å². The van der Waals surface area contributed by atoms with Gasteiger partial charge in [-0.05, 0) is 42.7 Å². The van der Waals surface area contributed by atoms with Crippen LogP contribution < -0.4 is 15.4 Å². The van der Waals surface area contributed by atoms with Crippen molar-refractivity contribution in [1.29, 1.82) is 0 Å². The van der Waals surface area contributed by atoms with Gasteiger partial charge in [-0.1, -0.05) is 35.9 Å². The number of halogens is 1. The maximum atomic E-state index is 12.7. The maximum absolute atomic E-state index is 12.7. The Morgan fingerprint density at radius 3 is 2.60 bits per heavy atom. The van der Waals surface area contributed by atoms with Crippen molar-refractivity contribution in [2.75, 3.05) is 20.1 Å². The Labute approximate surface area is 180 Å². The molecule has 1 aliphatic rings. The van der Waals surface area contributed by atoms with Gasteiger partial charge in [-0.2, -0.15) is 0 Å². The number of likely N-dealkylation sites (tertiary alicyclic amines) is 1. The van der Waals surface area contributed by atoms with Crippen molar-refractivity contribution in [3.05, 3.63) is 64.7 Å². The van der Waals surface area contributed by atoms with Crippen molar-refractivity contribution in [2.24, 2.45) is 0 Å². The van der Waals surface area contributed by atoms with E-state index in [1.165, 1.54) is 4.90 Å². The molecule has 1 atom stereocenters. The summed E-state index contributed by atoms with van der Waals surface area (Å²) in [6, 6.07) is 13.6. The van der Waals surface area contributed by atoms with Crippen LogP contribution in [-0.2, 0) is 16.2 Å². The van der Waals surface area contributed by atoms with Gasteiger partial charge in [-0.15, -0.1) is 0 Å². The highest BCUT2D eigenvalue weighted by molar-refractivity contribution is 6.30. The van der Waals surface area contributed by atoms with Gasteiger partial charge in [0.2, 0.25) is 11.8 Å². The van der Waals surface area contributed by atoms with Crippen molar-refractivity contribution < 1.29 is 19.1 Å². The third kappa shape index (κ3) is 5.30. The number of amides is 3. The Balaban J connectivity index is 1.59. The van der Waals surface area contributed by atoms with Gasteiger partial charge in [0.05, 0.1) is 12.1 Å². The van der Waals surface area contributed by atoms with E-state index in [-0.39, 0.29) is 25.0 Å². The fourth-order valence-electron chi connectivity index (χ4n) is 3.38. The number of likely N-dealkylation sites (N-methyl/N-ethyl adjacent to an activating group) is 1. The van der Waals surface area contributed by atoms with Gasteiger partial charge in [0.1, 0.15) is 18.4 Å². The number of nitrogens with zero attached hydrogens (tertiary/aromatic N) is 1. The number of nitrogens with one attached hydrogen (secondary N) is 2. The Hall–Kier alpha value is -3.06. The normalized spacial score (nSPS) is 15.5. The molecule has 158 valence electrons. The van der Waals surface area contributed by atoms with Crippen LogP contribution in [0.25, 0.3) is 0 Å². The highest BCUT2D eigenvalue weighted by atomic mass is 35.5. The summed E-state index contributed by atoms with van der Waals surface area (Å²) in [5.74, 6) is -0.463. The molecule has 0 radical (unpaired) electrons. The van der Waals surface area contributed by atoms with Crippen LogP contribution in [0, 0.1) is 0 Å². The molecule has 2 aromatic carbocycles.